The van der Waals surface area contributed by atoms with Gasteiger partial charge in [0.15, 0.2) is 0 Å². The number of methoxy groups -OCH3 is 1. The summed E-state index contributed by atoms with van der Waals surface area (Å²) in [6.07, 6.45) is 1.36. The number of ether oxygens (including phenoxy) is 1. The first-order chi connectivity index (χ1) is 12.2. The molecule has 1 N–H and O–H groups in total. The number of aromatic nitrogens is 1. The van der Waals surface area contributed by atoms with Crippen LogP contribution in [0.5, 0.6) is 0 Å². The molecule has 7 heteroatoms. The first kappa shape index (κ1) is 16.8. The molecule has 0 spiro atoms. The average Bonchev–Trinajstić information content (AvgIpc) is 3.07. The number of nitrogens with one attached hydrogen (secondary N) is 1. The molecule has 0 atom stereocenters. The Morgan fingerprint density at radius 2 is 1.92 bits per heavy atom. The van der Waals surface area contributed by atoms with E-state index in [9.17, 15) is 9.18 Å². The molecule has 0 fully saturated rings. The zero-order valence-electron chi connectivity index (χ0n) is 13.3. The Hall–Kier alpha value is -3.06. The van der Waals surface area contributed by atoms with Gasteiger partial charge in [-0.2, -0.15) is 5.10 Å². The maximum Gasteiger partial charge on any atom is 0.350 e. The van der Waals surface area contributed by atoms with Crippen LogP contribution in [-0.4, -0.2) is 24.3 Å². The molecule has 25 heavy (non-hydrogen) atoms. The first-order valence-electron chi connectivity index (χ1n) is 7.37. The van der Waals surface area contributed by atoms with E-state index in [1.54, 1.807) is 18.2 Å². The number of rotatable bonds is 5. The van der Waals surface area contributed by atoms with Crippen LogP contribution in [0.15, 0.2) is 59.7 Å². The Labute approximate surface area is 147 Å². The van der Waals surface area contributed by atoms with Crippen molar-refractivity contribution in [3.8, 4) is 11.3 Å². The molecule has 1 aromatic heterocycles. The summed E-state index contributed by atoms with van der Waals surface area (Å²) in [5, 5.41) is 4.40. The van der Waals surface area contributed by atoms with E-state index in [1.165, 1.54) is 19.4 Å². The zero-order chi connectivity index (χ0) is 17.6. The van der Waals surface area contributed by atoms with Gasteiger partial charge in [0.1, 0.15) is 10.7 Å². The van der Waals surface area contributed by atoms with Crippen LogP contribution in [0.4, 0.5) is 9.52 Å². The lowest BCUT2D eigenvalue weighted by Gasteiger charge is -1.99. The SMILES string of the molecule is COC(=O)c1sc(N/N=C\c2ccccc2F)nc1-c1ccccc1. The summed E-state index contributed by atoms with van der Waals surface area (Å²) in [7, 11) is 1.32. The minimum atomic E-state index is -0.470. The Balaban J connectivity index is 1.86. The molecule has 0 bridgehead atoms. The highest BCUT2D eigenvalue weighted by atomic mass is 32.1. The van der Waals surface area contributed by atoms with E-state index in [4.69, 9.17) is 4.74 Å². The standard InChI is InChI=1S/C18H14FN3O2S/c1-24-17(23)16-15(12-7-3-2-4-8-12)21-18(25-16)22-20-11-13-9-5-6-10-14(13)19/h2-11H,1H3,(H,21,22)/b20-11-. The van der Waals surface area contributed by atoms with Crippen molar-refractivity contribution in [2.24, 2.45) is 5.10 Å². The molecule has 3 rings (SSSR count). The van der Waals surface area contributed by atoms with Crippen molar-refractivity contribution in [2.45, 2.75) is 0 Å². The minimum absolute atomic E-state index is 0.350. The number of hydrogen-bond acceptors (Lipinski definition) is 6. The van der Waals surface area contributed by atoms with Crippen molar-refractivity contribution in [3.63, 3.8) is 0 Å². The van der Waals surface area contributed by atoms with Gasteiger partial charge >= 0.3 is 5.97 Å². The normalized spacial score (nSPS) is 10.8. The van der Waals surface area contributed by atoms with Gasteiger partial charge in [-0.15, -0.1) is 0 Å². The highest BCUT2D eigenvalue weighted by Gasteiger charge is 2.19. The summed E-state index contributed by atoms with van der Waals surface area (Å²) in [5.41, 5.74) is 4.39. The van der Waals surface area contributed by atoms with Crippen molar-refractivity contribution >= 4 is 28.7 Å². The molecule has 3 aromatic rings. The van der Waals surface area contributed by atoms with Crippen molar-refractivity contribution in [1.29, 1.82) is 0 Å². The zero-order valence-corrected chi connectivity index (χ0v) is 14.1. The predicted molar refractivity (Wildman–Crippen MR) is 96.5 cm³/mol. The van der Waals surface area contributed by atoms with E-state index in [1.807, 2.05) is 30.3 Å². The second kappa shape index (κ2) is 7.67. The Morgan fingerprint density at radius 1 is 1.20 bits per heavy atom. The lowest BCUT2D eigenvalue weighted by Crippen LogP contribution is -2.00. The van der Waals surface area contributed by atoms with Gasteiger partial charge in [-0.05, 0) is 6.07 Å². The van der Waals surface area contributed by atoms with E-state index in [-0.39, 0.29) is 5.82 Å². The first-order valence-corrected chi connectivity index (χ1v) is 8.19. The number of nitrogens with zero attached hydrogens (tertiary/aromatic N) is 2. The van der Waals surface area contributed by atoms with Crippen LogP contribution in [0.1, 0.15) is 15.2 Å². The number of benzene rings is 2. The molecule has 0 unspecified atom stereocenters. The molecule has 0 saturated carbocycles. The van der Waals surface area contributed by atoms with Gasteiger partial charge in [0, 0.05) is 11.1 Å². The molecule has 0 aliphatic heterocycles. The van der Waals surface area contributed by atoms with Crippen LogP contribution in [0, 0.1) is 5.82 Å². The fraction of sp³-hybridized carbons (Fsp3) is 0.0556. The third kappa shape index (κ3) is 3.89. The van der Waals surface area contributed by atoms with Gasteiger partial charge in [-0.3, -0.25) is 5.43 Å². The molecule has 0 radical (unpaired) electrons. The lowest BCUT2D eigenvalue weighted by molar-refractivity contribution is 0.0607. The second-order valence-electron chi connectivity index (χ2n) is 4.95. The summed E-state index contributed by atoms with van der Waals surface area (Å²) in [4.78, 5) is 16.8. The number of hydrazone groups is 1. The second-order valence-corrected chi connectivity index (χ2v) is 5.94. The van der Waals surface area contributed by atoms with Gasteiger partial charge < -0.3 is 4.74 Å². The number of anilines is 1. The van der Waals surface area contributed by atoms with E-state index < -0.39 is 5.97 Å². The summed E-state index contributed by atoms with van der Waals surface area (Å²) < 4.78 is 18.4. The van der Waals surface area contributed by atoms with Gasteiger partial charge in [-0.1, -0.05) is 59.9 Å². The van der Waals surface area contributed by atoms with Crippen LogP contribution in [0.3, 0.4) is 0 Å². The third-order valence-electron chi connectivity index (χ3n) is 3.31. The predicted octanol–water partition coefficient (Wildman–Crippen LogP) is 4.18. The molecule has 2 aromatic carbocycles. The van der Waals surface area contributed by atoms with Crippen LogP contribution < -0.4 is 5.43 Å². The average molecular weight is 355 g/mol. The molecule has 5 nitrogen and oxygen atoms in total. The van der Waals surface area contributed by atoms with Gasteiger partial charge in [0.25, 0.3) is 0 Å². The van der Waals surface area contributed by atoms with Crippen LogP contribution in [0.2, 0.25) is 0 Å². The topological polar surface area (TPSA) is 63.6 Å². The highest BCUT2D eigenvalue weighted by molar-refractivity contribution is 7.17. The lowest BCUT2D eigenvalue weighted by atomic mass is 10.1. The van der Waals surface area contributed by atoms with Crippen molar-refractivity contribution < 1.29 is 13.9 Å². The Morgan fingerprint density at radius 3 is 2.64 bits per heavy atom. The van der Waals surface area contributed by atoms with Crippen LogP contribution in [-0.2, 0) is 4.74 Å². The number of carbonyl (C=O) groups is 1. The van der Waals surface area contributed by atoms with Crippen molar-refractivity contribution in [3.05, 3.63) is 70.9 Å². The Kier molecular flexibility index (Phi) is 5.15. The van der Waals surface area contributed by atoms with Gasteiger partial charge in [-0.25, -0.2) is 14.2 Å². The van der Waals surface area contributed by atoms with Crippen LogP contribution >= 0.6 is 11.3 Å². The van der Waals surface area contributed by atoms with E-state index in [0.29, 0.717) is 21.3 Å². The minimum Gasteiger partial charge on any atom is -0.465 e. The largest absolute Gasteiger partial charge is 0.465 e. The maximum absolute atomic E-state index is 13.6. The number of hydrogen-bond donors (Lipinski definition) is 1. The van der Waals surface area contributed by atoms with E-state index in [2.05, 4.69) is 15.5 Å². The van der Waals surface area contributed by atoms with Gasteiger partial charge in [0.05, 0.1) is 19.0 Å². The Bertz CT molecular complexity index is 910. The summed E-state index contributed by atoms with van der Waals surface area (Å²) in [6.45, 7) is 0. The molecule has 0 aliphatic rings. The summed E-state index contributed by atoms with van der Waals surface area (Å²) in [5.74, 6) is -0.838. The number of halogens is 1. The van der Waals surface area contributed by atoms with Crippen molar-refractivity contribution in [1.82, 2.24) is 4.98 Å². The highest BCUT2D eigenvalue weighted by Crippen LogP contribution is 2.31. The molecule has 0 amide bonds. The smallest absolute Gasteiger partial charge is 0.350 e. The van der Waals surface area contributed by atoms with E-state index in [0.717, 1.165) is 16.9 Å². The molecule has 0 aliphatic carbocycles. The quantitative estimate of drug-likeness (QED) is 0.424. The molecule has 0 saturated heterocycles. The van der Waals surface area contributed by atoms with Crippen LogP contribution in [0.25, 0.3) is 11.3 Å². The summed E-state index contributed by atoms with van der Waals surface area (Å²) >= 11 is 1.12. The van der Waals surface area contributed by atoms with Crippen molar-refractivity contribution in [2.75, 3.05) is 12.5 Å². The monoisotopic (exact) mass is 355 g/mol. The fourth-order valence-corrected chi connectivity index (χ4v) is 2.98. The number of thiazole rings is 1. The molecular formula is C18H14FN3O2S. The summed E-state index contributed by atoms with van der Waals surface area (Å²) in [6, 6.07) is 15.6. The maximum atomic E-state index is 13.6. The number of esters is 1. The van der Waals surface area contributed by atoms with E-state index >= 15 is 0 Å². The molecule has 1 heterocycles. The fourth-order valence-electron chi connectivity index (χ4n) is 2.13. The number of carbonyl (C=O) groups excluding carboxylic acids is 1. The van der Waals surface area contributed by atoms with Gasteiger partial charge in [0.2, 0.25) is 5.13 Å². The molecular weight excluding hydrogens is 341 g/mol. The molecule has 126 valence electrons. The third-order valence-corrected chi connectivity index (χ3v) is 4.25.